The minimum Gasteiger partial charge on any atom is -0.493 e. The number of hydrogen-bond acceptors (Lipinski definition) is 5. The van der Waals surface area contributed by atoms with Crippen LogP contribution in [0.4, 0.5) is 0 Å². The van der Waals surface area contributed by atoms with Crippen molar-refractivity contribution in [3.8, 4) is 11.5 Å². The minimum absolute atomic E-state index is 0.175. The molecule has 1 aromatic carbocycles. The fraction of sp³-hybridized carbons (Fsp3) is 0.500. The molecular formula is C16H26N2O3. The molecular weight excluding hydrogens is 268 g/mol. The van der Waals surface area contributed by atoms with Crippen LogP contribution in [0.15, 0.2) is 18.5 Å². The molecule has 0 saturated carbocycles. The molecule has 0 unspecified atom stereocenters. The monoisotopic (exact) mass is 294 g/mol. The largest absolute Gasteiger partial charge is 0.493 e. The number of aromatic nitrogens is 2. The summed E-state index contributed by atoms with van der Waals surface area (Å²) in [7, 11) is 3.16. The second kappa shape index (κ2) is 10.9. The van der Waals surface area contributed by atoms with Crippen LogP contribution in [0.2, 0.25) is 0 Å². The molecule has 1 aromatic heterocycles. The average molecular weight is 294 g/mol. The molecule has 0 N–H and O–H groups in total. The van der Waals surface area contributed by atoms with E-state index in [1.165, 1.54) is 6.33 Å². The van der Waals surface area contributed by atoms with Crippen molar-refractivity contribution in [2.24, 2.45) is 0 Å². The lowest BCUT2D eigenvalue weighted by molar-refractivity contribution is 0.0493. The summed E-state index contributed by atoms with van der Waals surface area (Å²) in [4.78, 5) is 8.34. The van der Waals surface area contributed by atoms with Crippen molar-refractivity contribution in [3.63, 3.8) is 0 Å². The van der Waals surface area contributed by atoms with Gasteiger partial charge < -0.3 is 14.2 Å². The van der Waals surface area contributed by atoms with Gasteiger partial charge in [0.25, 0.3) is 0 Å². The molecule has 21 heavy (non-hydrogen) atoms. The Labute approximate surface area is 127 Å². The summed E-state index contributed by atoms with van der Waals surface area (Å²) in [5, 5.41) is 0.944. The van der Waals surface area contributed by atoms with E-state index in [0.717, 1.165) is 16.6 Å². The highest BCUT2D eigenvalue weighted by Crippen LogP contribution is 2.32. The molecule has 1 heterocycles. The Kier molecular flexibility index (Phi) is 9.88. The van der Waals surface area contributed by atoms with Crippen LogP contribution < -0.4 is 9.47 Å². The van der Waals surface area contributed by atoms with Crippen LogP contribution in [0, 0.1) is 6.92 Å². The van der Waals surface area contributed by atoms with Gasteiger partial charge in [-0.2, -0.15) is 0 Å². The van der Waals surface area contributed by atoms with Crippen molar-refractivity contribution in [1.82, 2.24) is 9.97 Å². The second-order valence-electron chi connectivity index (χ2n) is 3.53. The van der Waals surface area contributed by atoms with Crippen LogP contribution in [0.1, 0.15) is 33.4 Å². The molecule has 0 bridgehead atoms. The van der Waals surface area contributed by atoms with Crippen LogP contribution in [-0.2, 0) is 4.74 Å². The van der Waals surface area contributed by atoms with E-state index in [1.54, 1.807) is 14.2 Å². The van der Waals surface area contributed by atoms with Gasteiger partial charge in [-0.05, 0) is 13.0 Å². The Bertz CT molecular complexity index is 530. The zero-order chi connectivity index (χ0) is 16.3. The van der Waals surface area contributed by atoms with Crippen LogP contribution in [0.3, 0.4) is 0 Å². The van der Waals surface area contributed by atoms with Crippen LogP contribution in [0.5, 0.6) is 11.5 Å². The van der Waals surface area contributed by atoms with E-state index in [2.05, 4.69) is 9.97 Å². The maximum Gasteiger partial charge on any atom is 0.188 e. The molecule has 2 aromatic rings. The molecule has 0 atom stereocenters. The van der Waals surface area contributed by atoms with Crippen LogP contribution >= 0.6 is 0 Å². The maximum atomic E-state index is 5.44. The lowest BCUT2D eigenvalue weighted by atomic mass is 10.2. The third-order valence-electron chi connectivity index (χ3n) is 2.45. The van der Waals surface area contributed by atoms with Crippen LogP contribution in [-0.4, -0.2) is 31.0 Å². The van der Waals surface area contributed by atoms with Gasteiger partial charge in [0.1, 0.15) is 6.33 Å². The van der Waals surface area contributed by atoms with Gasteiger partial charge in [0, 0.05) is 24.3 Å². The van der Waals surface area contributed by atoms with Crippen LogP contribution in [0.25, 0.3) is 10.9 Å². The van der Waals surface area contributed by atoms with Crippen molar-refractivity contribution >= 4 is 10.9 Å². The SMILES string of the molecule is CC.CC.COCOc1cc2c(C)ncnc2cc1OC. The Hall–Kier alpha value is -1.88. The van der Waals surface area contributed by atoms with E-state index < -0.39 is 0 Å². The first-order valence-corrected chi connectivity index (χ1v) is 7.17. The lowest BCUT2D eigenvalue weighted by Gasteiger charge is -2.11. The average Bonchev–Trinajstić information content (AvgIpc) is 2.56. The van der Waals surface area contributed by atoms with E-state index in [0.29, 0.717) is 11.5 Å². The fourth-order valence-electron chi connectivity index (χ4n) is 1.59. The Morgan fingerprint density at radius 1 is 0.952 bits per heavy atom. The first kappa shape index (κ1) is 19.1. The summed E-state index contributed by atoms with van der Waals surface area (Å²) in [6, 6.07) is 3.69. The van der Waals surface area contributed by atoms with E-state index in [4.69, 9.17) is 14.2 Å². The third kappa shape index (κ3) is 5.19. The molecule has 5 heteroatoms. The Morgan fingerprint density at radius 3 is 2.19 bits per heavy atom. The maximum absolute atomic E-state index is 5.44. The van der Waals surface area contributed by atoms with Gasteiger partial charge in [0.2, 0.25) is 0 Å². The van der Waals surface area contributed by atoms with Gasteiger partial charge in [0.05, 0.1) is 12.6 Å². The molecule has 2 rings (SSSR count). The number of methoxy groups -OCH3 is 2. The molecule has 0 aliphatic carbocycles. The van der Waals surface area contributed by atoms with Crippen molar-refractivity contribution in [1.29, 1.82) is 0 Å². The van der Waals surface area contributed by atoms with Gasteiger partial charge in [-0.1, -0.05) is 27.7 Å². The molecule has 5 nitrogen and oxygen atoms in total. The summed E-state index contributed by atoms with van der Waals surface area (Å²) in [5.74, 6) is 1.26. The second-order valence-corrected chi connectivity index (χ2v) is 3.53. The zero-order valence-corrected chi connectivity index (χ0v) is 14.1. The molecule has 0 saturated heterocycles. The molecule has 0 aliphatic rings. The van der Waals surface area contributed by atoms with Gasteiger partial charge >= 0.3 is 0 Å². The smallest absolute Gasteiger partial charge is 0.188 e. The van der Waals surface area contributed by atoms with Crippen molar-refractivity contribution in [2.75, 3.05) is 21.0 Å². The number of fused-ring (bicyclic) bond motifs is 1. The summed E-state index contributed by atoms with van der Waals surface area (Å²) < 4.78 is 15.6. The fourth-order valence-corrected chi connectivity index (χ4v) is 1.59. The van der Waals surface area contributed by atoms with E-state index >= 15 is 0 Å². The Morgan fingerprint density at radius 2 is 1.62 bits per heavy atom. The van der Waals surface area contributed by atoms with E-state index in [1.807, 2.05) is 46.8 Å². The minimum atomic E-state index is 0.175. The topological polar surface area (TPSA) is 53.5 Å². The molecule has 118 valence electrons. The lowest BCUT2D eigenvalue weighted by Crippen LogP contribution is -2.01. The standard InChI is InChI=1S/C12H14N2O3.2C2H6/c1-8-9-4-12(17-7-15-2)11(16-3)5-10(9)14-6-13-8;2*1-2/h4-6H,7H2,1-3H3;2*1-2H3. The van der Waals surface area contributed by atoms with Gasteiger partial charge in [-0.25, -0.2) is 9.97 Å². The number of nitrogens with zero attached hydrogens (tertiary/aromatic N) is 2. The molecule has 0 spiro atoms. The molecule has 0 amide bonds. The highest BCUT2D eigenvalue weighted by molar-refractivity contribution is 5.84. The van der Waals surface area contributed by atoms with E-state index in [-0.39, 0.29) is 6.79 Å². The third-order valence-corrected chi connectivity index (χ3v) is 2.45. The first-order chi connectivity index (χ1) is 10.3. The molecule has 0 aliphatic heterocycles. The summed E-state index contributed by atoms with van der Waals surface area (Å²) in [6.45, 7) is 10.1. The molecule has 0 fully saturated rings. The van der Waals surface area contributed by atoms with Gasteiger partial charge in [-0.3, -0.25) is 0 Å². The molecule has 0 radical (unpaired) electrons. The number of rotatable bonds is 4. The Balaban J connectivity index is 0.000000921. The first-order valence-electron chi connectivity index (χ1n) is 7.17. The summed E-state index contributed by atoms with van der Waals surface area (Å²) in [6.07, 6.45) is 1.53. The predicted molar refractivity (Wildman–Crippen MR) is 86.0 cm³/mol. The quantitative estimate of drug-likeness (QED) is 0.798. The van der Waals surface area contributed by atoms with E-state index in [9.17, 15) is 0 Å². The number of ether oxygens (including phenoxy) is 3. The van der Waals surface area contributed by atoms with Gasteiger partial charge in [0.15, 0.2) is 18.3 Å². The normalized spacial score (nSPS) is 9.10. The van der Waals surface area contributed by atoms with Crippen molar-refractivity contribution < 1.29 is 14.2 Å². The number of aryl methyl sites for hydroxylation is 1. The predicted octanol–water partition coefficient (Wildman–Crippen LogP) is 3.98. The van der Waals surface area contributed by atoms with Gasteiger partial charge in [-0.15, -0.1) is 0 Å². The van der Waals surface area contributed by atoms with Crippen molar-refractivity contribution in [2.45, 2.75) is 34.6 Å². The summed E-state index contributed by atoms with van der Waals surface area (Å²) in [5.41, 5.74) is 1.74. The summed E-state index contributed by atoms with van der Waals surface area (Å²) >= 11 is 0. The highest BCUT2D eigenvalue weighted by atomic mass is 16.7. The highest BCUT2D eigenvalue weighted by Gasteiger charge is 2.09. The zero-order valence-electron chi connectivity index (χ0n) is 14.1. The number of benzene rings is 1. The number of hydrogen-bond donors (Lipinski definition) is 0. The van der Waals surface area contributed by atoms with Crippen molar-refractivity contribution in [3.05, 3.63) is 24.2 Å².